The molecule has 0 saturated carbocycles. The first kappa shape index (κ1) is 23.5. The van der Waals surface area contributed by atoms with Gasteiger partial charge in [-0.2, -0.15) is 13.2 Å². The first-order valence-corrected chi connectivity index (χ1v) is 9.89. The van der Waals surface area contributed by atoms with E-state index in [0.29, 0.717) is 18.8 Å². The first-order chi connectivity index (χ1) is 15.1. The van der Waals surface area contributed by atoms with Gasteiger partial charge in [0.2, 0.25) is 0 Å². The number of esters is 1. The fourth-order valence-electron chi connectivity index (χ4n) is 3.48. The van der Waals surface area contributed by atoms with Crippen LogP contribution in [0.25, 0.3) is 0 Å². The van der Waals surface area contributed by atoms with Gasteiger partial charge < -0.3 is 19.6 Å². The molecule has 1 fully saturated rings. The molecule has 0 aromatic heterocycles. The minimum atomic E-state index is -5.12. The summed E-state index contributed by atoms with van der Waals surface area (Å²) in [5.41, 5.74) is -3.52. The zero-order valence-corrected chi connectivity index (χ0v) is 17.0. The Labute approximate surface area is 182 Å². The predicted molar refractivity (Wildman–Crippen MR) is 107 cm³/mol. The number of anilines is 1. The monoisotopic (exact) mass is 454 g/mol. The summed E-state index contributed by atoms with van der Waals surface area (Å²) in [6.07, 6.45) is -6.50. The lowest BCUT2D eigenvalue weighted by molar-refractivity contribution is -0.269. The third-order valence-corrected chi connectivity index (χ3v) is 5.30. The third-order valence-electron chi connectivity index (χ3n) is 5.30. The summed E-state index contributed by atoms with van der Waals surface area (Å²) in [7, 11) is 0. The van der Waals surface area contributed by atoms with Crippen molar-refractivity contribution < 1.29 is 37.0 Å². The number of nitrogens with zero attached hydrogens (tertiary/aromatic N) is 2. The maximum absolute atomic E-state index is 13.9. The molecule has 1 heterocycles. The number of aliphatic hydroxyl groups is 1. The molecule has 0 bridgehead atoms. The molecular weight excluding hydrogens is 432 g/mol. The highest BCUT2D eigenvalue weighted by Gasteiger charge is 2.56. The topological polar surface area (TPSA) is 70.1 Å². The van der Waals surface area contributed by atoms with Crippen LogP contribution in [-0.2, 0) is 19.9 Å². The van der Waals surface area contributed by atoms with Crippen LogP contribution in [0.4, 0.5) is 23.2 Å². The second kappa shape index (κ2) is 9.56. The lowest BCUT2D eigenvalue weighted by Gasteiger charge is -2.36. The zero-order chi connectivity index (χ0) is 23.4. The van der Waals surface area contributed by atoms with Crippen molar-refractivity contribution in [3.63, 3.8) is 0 Å². The molecule has 10 heteroatoms. The minimum absolute atomic E-state index is 0.237. The van der Waals surface area contributed by atoms with Crippen LogP contribution < -0.4 is 4.90 Å². The van der Waals surface area contributed by atoms with E-state index in [9.17, 15) is 32.3 Å². The molecule has 1 saturated heterocycles. The maximum atomic E-state index is 13.9. The van der Waals surface area contributed by atoms with Crippen molar-refractivity contribution in [1.29, 1.82) is 0 Å². The lowest BCUT2D eigenvalue weighted by Crippen LogP contribution is -2.50. The molecule has 1 atom stereocenters. The molecular formula is C22H22F4N2O4. The molecule has 32 heavy (non-hydrogen) atoms. The Balaban J connectivity index is 1.53. The summed E-state index contributed by atoms with van der Waals surface area (Å²) in [4.78, 5) is 27.5. The van der Waals surface area contributed by atoms with E-state index < -0.39 is 42.2 Å². The molecule has 2 aromatic carbocycles. The number of carbonyl (C=O) groups excluding carboxylic acids is 2. The van der Waals surface area contributed by atoms with E-state index in [0.717, 1.165) is 12.1 Å². The van der Waals surface area contributed by atoms with Gasteiger partial charge >= 0.3 is 12.1 Å². The number of ether oxygens (including phenoxy) is 1. The van der Waals surface area contributed by atoms with Crippen molar-refractivity contribution in [2.45, 2.75) is 18.2 Å². The van der Waals surface area contributed by atoms with Crippen molar-refractivity contribution in [3.05, 3.63) is 66.0 Å². The molecule has 172 valence electrons. The largest absolute Gasteiger partial charge is 0.455 e. The molecule has 2 aromatic rings. The van der Waals surface area contributed by atoms with Crippen LogP contribution in [0.1, 0.15) is 12.0 Å². The number of alkyl halides is 3. The average Bonchev–Trinajstić information content (AvgIpc) is 2.78. The van der Waals surface area contributed by atoms with Crippen LogP contribution in [-0.4, -0.2) is 60.8 Å². The van der Waals surface area contributed by atoms with E-state index in [1.807, 2.05) is 0 Å². The molecule has 1 aliphatic heterocycles. The number of hydrogen-bond acceptors (Lipinski definition) is 5. The molecule has 0 spiro atoms. The Morgan fingerprint density at radius 3 is 2.12 bits per heavy atom. The Hall–Kier alpha value is -3.14. The van der Waals surface area contributed by atoms with Crippen LogP contribution in [0.3, 0.4) is 0 Å². The van der Waals surface area contributed by atoms with E-state index in [-0.39, 0.29) is 18.9 Å². The number of piperazine rings is 1. The van der Waals surface area contributed by atoms with Crippen LogP contribution in [0.15, 0.2) is 54.6 Å². The fourth-order valence-corrected chi connectivity index (χ4v) is 3.48. The summed E-state index contributed by atoms with van der Waals surface area (Å²) in [6, 6.07) is 12.4. The minimum Gasteiger partial charge on any atom is -0.455 e. The smallest absolute Gasteiger partial charge is 0.422 e. The number of halogens is 4. The number of benzene rings is 2. The Morgan fingerprint density at radius 1 is 0.938 bits per heavy atom. The number of hydrogen-bond donors (Lipinski definition) is 1. The highest BCUT2D eigenvalue weighted by Crippen LogP contribution is 2.41. The van der Waals surface area contributed by atoms with Gasteiger partial charge in [0.15, 0.2) is 12.2 Å². The zero-order valence-electron chi connectivity index (χ0n) is 17.0. The summed E-state index contributed by atoms with van der Waals surface area (Å²) in [5.74, 6) is -2.31. The van der Waals surface area contributed by atoms with Crippen molar-refractivity contribution >= 4 is 17.6 Å². The van der Waals surface area contributed by atoms with Crippen molar-refractivity contribution in [1.82, 2.24) is 4.90 Å². The van der Waals surface area contributed by atoms with E-state index in [1.54, 1.807) is 23.1 Å². The van der Waals surface area contributed by atoms with Gasteiger partial charge in [-0.25, -0.2) is 4.39 Å². The summed E-state index contributed by atoms with van der Waals surface area (Å²) < 4.78 is 59.1. The van der Waals surface area contributed by atoms with E-state index in [2.05, 4.69) is 0 Å². The molecule has 0 radical (unpaired) electrons. The maximum Gasteiger partial charge on any atom is 0.422 e. The van der Waals surface area contributed by atoms with Gasteiger partial charge in [0.25, 0.3) is 5.91 Å². The van der Waals surface area contributed by atoms with E-state index in [4.69, 9.17) is 4.74 Å². The van der Waals surface area contributed by atoms with Gasteiger partial charge in [-0.1, -0.05) is 42.5 Å². The summed E-state index contributed by atoms with van der Waals surface area (Å²) in [5, 5.41) is 10.2. The van der Waals surface area contributed by atoms with Crippen LogP contribution in [0, 0.1) is 5.82 Å². The SMILES string of the molecule is O=C(C[C@](O)(c1ccccc1)C(F)(F)F)OCC(=O)N1CCN(c2ccccc2F)CC1. The van der Waals surface area contributed by atoms with E-state index in [1.165, 1.54) is 29.2 Å². The Kier molecular flexibility index (Phi) is 7.02. The van der Waals surface area contributed by atoms with Crippen molar-refractivity contribution in [2.24, 2.45) is 0 Å². The van der Waals surface area contributed by atoms with Gasteiger partial charge in [-0.05, 0) is 17.7 Å². The highest BCUT2D eigenvalue weighted by atomic mass is 19.4. The van der Waals surface area contributed by atoms with Gasteiger partial charge in [0, 0.05) is 26.2 Å². The summed E-state index contributed by atoms with van der Waals surface area (Å²) in [6.45, 7) is 0.425. The first-order valence-electron chi connectivity index (χ1n) is 9.89. The normalized spacial score (nSPS) is 16.4. The quantitative estimate of drug-likeness (QED) is 0.537. The third kappa shape index (κ3) is 5.18. The van der Waals surface area contributed by atoms with Gasteiger partial charge in [0.1, 0.15) is 5.82 Å². The molecule has 1 N–H and O–H groups in total. The highest BCUT2D eigenvalue weighted by molar-refractivity contribution is 5.81. The van der Waals surface area contributed by atoms with Crippen molar-refractivity contribution in [3.8, 4) is 0 Å². The number of amides is 1. The standard InChI is InChI=1S/C22H22F4N2O4/c23-17-8-4-5-9-18(17)27-10-12-28(13-11-27)19(29)15-32-20(30)14-21(31,22(24,25)26)16-6-2-1-3-7-16/h1-9,31H,10-15H2/t21-/m0/s1. The second-order valence-electron chi connectivity index (χ2n) is 7.38. The van der Waals surface area contributed by atoms with Crippen LogP contribution >= 0.6 is 0 Å². The number of para-hydroxylation sites is 1. The van der Waals surface area contributed by atoms with Gasteiger partial charge in [-0.3, -0.25) is 9.59 Å². The fraction of sp³-hybridized carbons (Fsp3) is 0.364. The lowest BCUT2D eigenvalue weighted by atomic mass is 9.90. The predicted octanol–water partition coefficient (Wildman–Crippen LogP) is 2.86. The molecule has 0 aliphatic carbocycles. The number of rotatable bonds is 6. The Bertz CT molecular complexity index is 946. The molecule has 3 rings (SSSR count). The second-order valence-corrected chi connectivity index (χ2v) is 7.38. The van der Waals surface area contributed by atoms with Gasteiger partial charge in [0.05, 0.1) is 12.1 Å². The molecule has 6 nitrogen and oxygen atoms in total. The summed E-state index contributed by atoms with van der Waals surface area (Å²) >= 11 is 0. The van der Waals surface area contributed by atoms with Gasteiger partial charge in [-0.15, -0.1) is 0 Å². The molecule has 1 aliphatic rings. The van der Waals surface area contributed by atoms with Crippen molar-refractivity contribution in [2.75, 3.05) is 37.7 Å². The molecule has 1 amide bonds. The number of carbonyl (C=O) groups is 2. The van der Waals surface area contributed by atoms with E-state index >= 15 is 0 Å². The van der Waals surface area contributed by atoms with Crippen LogP contribution in [0.5, 0.6) is 0 Å². The molecule has 0 unspecified atom stereocenters. The average molecular weight is 454 g/mol. The van der Waals surface area contributed by atoms with Crippen LogP contribution in [0.2, 0.25) is 0 Å². The Morgan fingerprint density at radius 2 is 1.53 bits per heavy atom.